The molecule has 0 saturated heterocycles. The molecule has 19 heavy (non-hydrogen) atoms. The van der Waals surface area contributed by atoms with Gasteiger partial charge in [0.2, 0.25) is 10.0 Å². The summed E-state index contributed by atoms with van der Waals surface area (Å²) in [6, 6.07) is 12.9. The number of nitrogens with one attached hydrogen (secondary N) is 1. The van der Waals surface area contributed by atoms with Gasteiger partial charge in [-0.2, -0.15) is 0 Å². The predicted molar refractivity (Wildman–Crippen MR) is 75.8 cm³/mol. The summed E-state index contributed by atoms with van der Waals surface area (Å²) in [5.41, 5.74) is 8.25. The van der Waals surface area contributed by atoms with Crippen LogP contribution in [0, 0.1) is 0 Å². The second-order valence-electron chi connectivity index (χ2n) is 4.24. The molecule has 0 aliphatic heterocycles. The van der Waals surface area contributed by atoms with Crippen LogP contribution in [0.1, 0.15) is 5.56 Å². The van der Waals surface area contributed by atoms with E-state index in [0.29, 0.717) is 5.82 Å². The molecule has 0 atom stereocenters. The molecule has 1 aromatic heterocycles. The van der Waals surface area contributed by atoms with E-state index >= 15 is 0 Å². The summed E-state index contributed by atoms with van der Waals surface area (Å²) < 4.78 is 24.4. The van der Waals surface area contributed by atoms with Gasteiger partial charge >= 0.3 is 0 Å². The van der Waals surface area contributed by atoms with Crippen molar-refractivity contribution in [2.24, 2.45) is 0 Å². The average Bonchev–Trinajstić information content (AvgIpc) is 2.36. The minimum atomic E-state index is -3.17. The molecular weight excluding hydrogens is 262 g/mol. The van der Waals surface area contributed by atoms with Crippen LogP contribution >= 0.6 is 0 Å². The molecule has 0 spiro atoms. The first-order valence-electron chi connectivity index (χ1n) is 5.70. The molecule has 0 unspecified atom stereocenters. The van der Waals surface area contributed by atoms with Gasteiger partial charge in [0.25, 0.3) is 0 Å². The number of nitrogens with two attached hydrogens (primary N) is 1. The molecule has 5 nitrogen and oxygen atoms in total. The highest BCUT2D eigenvalue weighted by molar-refractivity contribution is 7.88. The first kappa shape index (κ1) is 13.5. The van der Waals surface area contributed by atoms with E-state index in [9.17, 15) is 8.42 Å². The van der Waals surface area contributed by atoms with E-state index in [0.717, 1.165) is 23.1 Å². The van der Waals surface area contributed by atoms with Crippen molar-refractivity contribution in [3.05, 3.63) is 48.0 Å². The molecule has 6 heteroatoms. The zero-order valence-electron chi connectivity index (χ0n) is 10.5. The second kappa shape index (κ2) is 5.38. The Labute approximate surface area is 112 Å². The van der Waals surface area contributed by atoms with Crippen molar-refractivity contribution in [3.63, 3.8) is 0 Å². The normalized spacial score (nSPS) is 11.4. The van der Waals surface area contributed by atoms with E-state index < -0.39 is 10.0 Å². The highest BCUT2D eigenvalue weighted by Gasteiger charge is 2.03. The zero-order valence-corrected chi connectivity index (χ0v) is 11.3. The van der Waals surface area contributed by atoms with Crippen molar-refractivity contribution in [1.82, 2.24) is 9.71 Å². The highest BCUT2D eigenvalue weighted by Crippen LogP contribution is 2.18. The lowest BCUT2D eigenvalue weighted by molar-refractivity contribution is 0.587. The van der Waals surface area contributed by atoms with Crippen LogP contribution in [0.15, 0.2) is 42.5 Å². The fraction of sp³-hybridized carbons (Fsp3) is 0.154. The van der Waals surface area contributed by atoms with Crippen LogP contribution in [0.3, 0.4) is 0 Å². The summed E-state index contributed by atoms with van der Waals surface area (Å²) in [5.74, 6) is 0.473. The topological polar surface area (TPSA) is 85.1 Å². The van der Waals surface area contributed by atoms with Crippen molar-refractivity contribution >= 4 is 15.8 Å². The van der Waals surface area contributed by atoms with E-state index in [2.05, 4.69) is 9.71 Å². The Bertz CT molecular complexity index is 667. The standard InChI is InChI=1S/C13H15N3O2S/c1-19(17,18)15-9-10-5-7-11(8-6-10)12-3-2-4-13(14)16-12/h2-8,15H,9H2,1H3,(H2,14,16). The van der Waals surface area contributed by atoms with Gasteiger partial charge < -0.3 is 5.73 Å². The third kappa shape index (κ3) is 4.04. The van der Waals surface area contributed by atoms with Crippen LogP contribution in [0.25, 0.3) is 11.3 Å². The summed E-state index contributed by atoms with van der Waals surface area (Å²) in [4.78, 5) is 4.22. The molecular formula is C13H15N3O2S. The largest absolute Gasteiger partial charge is 0.384 e. The molecule has 0 bridgehead atoms. The summed E-state index contributed by atoms with van der Waals surface area (Å²) in [6.45, 7) is 0.281. The third-order valence-corrected chi connectivity index (χ3v) is 3.23. The molecule has 0 amide bonds. The van der Waals surface area contributed by atoms with Gasteiger partial charge in [0, 0.05) is 12.1 Å². The summed E-state index contributed by atoms with van der Waals surface area (Å²) in [5, 5.41) is 0. The van der Waals surface area contributed by atoms with Gasteiger partial charge in [-0.15, -0.1) is 0 Å². The van der Waals surface area contributed by atoms with Crippen LogP contribution in [-0.4, -0.2) is 19.7 Å². The highest BCUT2D eigenvalue weighted by atomic mass is 32.2. The lowest BCUT2D eigenvalue weighted by Gasteiger charge is -2.05. The van der Waals surface area contributed by atoms with Crippen LogP contribution in [0.4, 0.5) is 5.82 Å². The van der Waals surface area contributed by atoms with E-state index in [4.69, 9.17) is 5.73 Å². The maximum Gasteiger partial charge on any atom is 0.209 e. The van der Waals surface area contributed by atoms with E-state index in [1.165, 1.54) is 0 Å². The number of hydrogen-bond acceptors (Lipinski definition) is 4. The number of benzene rings is 1. The molecule has 2 rings (SSSR count). The number of nitrogens with zero attached hydrogens (tertiary/aromatic N) is 1. The van der Waals surface area contributed by atoms with Gasteiger partial charge in [-0.05, 0) is 17.7 Å². The fourth-order valence-corrected chi connectivity index (χ4v) is 2.05. The van der Waals surface area contributed by atoms with Gasteiger partial charge in [-0.1, -0.05) is 30.3 Å². The number of sulfonamides is 1. The number of rotatable bonds is 4. The van der Waals surface area contributed by atoms with Crippen molar-refractivity contribution in [1.29, 1.82) is 0 Å². The molecule has 0 saturated carbocycles. The molecule has 0 fully saturated rings. The lowest BCUT2D eigenvalue weighted by atomic mass is 10.1. The average molecular weight is 277 g/mol. The van der Waals surface area contributed by atoms with Crippen molar-refractivity contribution in [2.45, 2.75) is 6.54 Å². The maximum absolute atomic E-state index is 11.0. The minimum Gasteiger partial charge on any atom is -0.384 e. The first-order chi connectivity index (χ1) is 8.94. The summed E-state index contributed by atoms with van der Waals surface area (Å²) >= 11 is 0. The Morgan fingerprint density at radius 2 is 1.84 bits per heavy atom. The van der Waals surface area contributed by atoms with Crippen molar-refractivity contribution in [2.75, 3.05) is 12.0 Å². The molecule has 1 heterocycles. The molecule has 3 N–H and O–H groups in total. The Hall–Kier alpha value is -1.92. The van der Waals surface area contributed by atoms with Gasteiger partial charge in [0.05, 0.1) is 11.9 Å². The van der Waals surface area contributed by atoms with Crippen LogP contribution in [-0.2, 0) is 16.6 Å². The van der Waals surface area contributed by atoms with Crippen molar-refractivity contribution in [3.8, 4) is 11.3 Å². The van der Waals surface area contributed by atoms with Gasteiger partial charge in [0.15, 0.2) is 0 Å². The third-order valence-electron chi connectivity index (χ3n) is 2.56. The number of aromatic nitrogens is 1. The van der Waals surface area contributed by atoms with Gasteiger partial charge in [-0.25, -0.2) is 18.1 Å². The zero-order chi connectivity index (χ0) is 13.9. The number of pyridine rings is 1. The lowest BCUT2D eigenvalue weighted by Crippen LogP contribution is -2.21. The van der Waals surface area contributed by atoms with Crippen LogP contribution < -0.4 is 10.5 Å². The van der Waals surface area contributed by atoms with Gasteiger partial charge in [0.1, 0.15) is 5.82 Å². The molecule has 0 aliphatic rings. The Kier molecular flexibility index (Phi) is 3.82. The Morgan fingerprint density at radius 1 is 1.16 bits per heavy atom. The Morgan fingerprint density at radius 3 is 2.42 bits per heavy atom. The molecule has 100 valence electrons. The van der Waals surface area contributed by atoms with Gasteiger partial charge in [-0.3, -0.25) is 0 Å². The SMILES string of the molecule is CS(=O)(=O)NCc1ccc(-c2cccc(N)n2)cc1. The molecule has 1 aromatic carbocycles. The number of hydrogen-bond donors (Lipinski definition) is 2. The van der Waals surface area contributed by atoms with Crippen LogP contribution in [0.2, 0.25) is 0 Å². The van der Waals surface area contributed by atoms with Crippen LogP contribution in [0.5, 0.6) is 0 Å². The van der Waals surface area contributed by atoms with E-state index in [1.54, 1.807) is 6.07 Å². The molecule has 0 radical (unpaired) electrons. The quantitative estimate of drug-likeness (QED) is 0.884. The summed E-state index contributed by atoms with van der Waals surface area (Å²) in [7, 11) is -3.17. The Balaban J connectivity index is 2.15. The number of nitrogen functional groups attached to an aromatic ring is 1. The number of anilines is 1. The molecule has 2 aromatic rings. The van der Waals surface area contributed by atoms with E-state index in [1.807, 2.05) is 36.4 Å². The first-order valence-corrected chi connectivity index (χ1v) is 7.60. The van der Waals surface area contributed by atoms with Crippen molar-refractivity contribution < 1.29 is 8.42 Å². The molecule has 0 aliphatic carbocycles. The van der Waals surface area contributed by atoms with E-state index in [-0.39, 0.29) is 6.54 Å². The summed E-state index contributed by atoms with van der Waals surface area (Å²) in [6.07, 6.45) is 1.14. The minimum absolute atomic E-state index is 0.281. The predicted octanol–water partition coefficient (Wildman–Crippen LogP) is 1.38. The second-order valence-corrected chi connectivity index (χ2v) is 6.07. The monoisotopic (exact) mass is 277 g/mol. The smallest absolute Gasteiger partial charge is 0.209 e. The maximum atomic E-state index is 11.0. The fourth-order valence-electron chi connectivity index (χ4n) is 1.62.